The molecule has 26 heavy (non-hydrogen) atoms. The summed E-state index contributed by atoms with van der Waals surface area (Å²) in [7, 11) is 1.69. The van der Waals surface area contributed by atoms with Gasteiger partial charge in [0.25, 0.3) is 0 Å². The van der Waals surface area contributed by atoms with E-state index in [1.165, 1.54) is 6.07 Å². The topological polar surface area (TPSA) is 32.3 Å². The van der Waals surface area contributed by atoms with Crippen LogP contribution >= 0.6 is 11.6 Å². The zero-order chi connectivity index (χ0) is 19.3. The van der Waals surface area contributed by atoms with Crippen LogP contribution in [-0.2, 0) is 17.5 Å². The Kier molecular flexibility index (Phi) is 6.67. The molecule has 0 aliphatic carbocycles. The van der Waals surface area contributed by atoms with E-state index in [2.05, 4.69) is 5.32 Å². The van der Waals surface area contributed by atoms with Crippen molar-refractivity contribution in [2.24, 2.45) is 0 Å². The molecule has 140 valence electrons. The molecule has 0 spiro atoms. The number of benzene rings is 2. The zero-order valence-corrected chi connectivity index (χ0v) is 15.2. The van der Waals surface area contributed by atoms with Crippen molar-refractivity contribution in [3.05, 3.63) is 70.2 Å². The van der Waals surface area contributed by atoms with Crippen LogP contribution in [0, 0.1) is 0 Å². The van der Waals surface area contributed by atoms with Gasteiger partial charge in [0.15, 0.2) is 0 Å². The van der Waals surface area contributed by atoms with Gasteiger partial charge < -0.3 is 5.32 Å². The van der Waals surface area contributed by atoms with Gasteiger partial charge >= 0.3 is 6.18 Å². The number of hydrogen-bond donors (Lipinski definition) is 1. The summed E-state index contributed by atoms with van der Waals surface area (Å²) in [6.45, 7) is 2.18. The average Bonchev–Trinajstić information content (AvgIpc) is 2.54. The van der Waals surface area contributed by atoms with Crippen LogP contribution in [0.2, 0.25) is 5.02 Å². The lowest BCUT2D eigenvalue weighted by molar-refractivity contribution is -0.137. The number of likely N-dealkylation sites (N-methyl/N-ethyl adjacent to an activating group) is 1. The summed E-state index contributed by atoms with van der Waals surface area (Å²) in [6.07, 6.45) is -4.38. The first kappa shape index (κ1) is 20.3. The molecule has 0 aromatic heterocycles. The van der Waals surface area contributed by atoms with Crippen LogP contribution < -0.4 is 5.32 Å². The summed E-state index contributed by atoms with van der Waals surface area (Å²) >= 11 is 5.84. The average molecular weight is 385 g/mol. The second-order valence-electron chi connectivity index (χ2n) is 6.21. The van der Waals surface area contributed by atoms with E-state index < -0.39 is 11.7 Å². The fourth-order valence-corrected chi connectivity index (χ4v) is 2.71. The smallest absolute Gasteiger partial charge is 0.348 e. The van der Waals surface area contributed by atoms with Gasteiger partial charge in [-0.2, -0.15) is 13.2 Å². The van der Waals surface area contributed by atoms with E-state index in [1.54, 1.807) is 30.1 Å². The van der Waals surface area contributed by atoms with Gasteiger partial charge in [0, 0.05) is 11.6 Å². The van der Waals surface area contributed by atoms with Crippen LogP contribution in [0.4, 0.5) is 13.2 Å². The molecule has 0 bridgehead atoms. The molecule has 1 atom stereocenters. The second kappa shape index (κ2) is 8.56. The zero-order valence-electron chi connectivity index (χ0n) is 14.5. The van der Waals surface area contributed by atoms with Gasteiger partial charge in [0.1, 0.15) is 0 Å². The van der Waals surface area contributed by atoms with Gasteiger partial charge in [0.2, 0.25) is 5.91 Å². The number of carbonyl (C=O) groups excluding carboxylic acids is 1. The SMILES string of the molecule is CC(NC(=O)CN(C)Cc1cccc(C(F)(F)F)c1)c1ccc(Cl)cc1. The van der Waals surface area contributed by atoms with Gasteiger partial charge in [0.05, 0.1) is 18.2 Å². The molecule has 0 heterocycles. The molecule has 2 aromatic carbocycles. The first-order valence-electron chi connectivity index (χ1n) is 8.04. The standard InChI is InChI=1S/C19H20ClF3N2O/c1-13(15-6-8-17(20)9-7-15)24-18(26)12-25(2)11-14-4-3-5-16(10-14)19(21,22)23/h3-10,13H,11-12H2,1-2H3,(H,24,26). The molecule has 2 aromatic rings. The Hall–Kier alpha value is -2.05. The summed E-state index contributed by atoms with van der Waals surface area (Å²) in [4.78, 5) is 13.8. The minimum absolute atomic E-state index is 0.0776. The maximum atomic E-state index is 12.8. The molecule has 0 saturated heterocycles. The predicted molar refractivity (Wildman–Crippen MR) is 95.8 cm³/mol. The Balaban J connectivity index is 1.90. The van der Waals surface area contributed by atoms with E-state index in [-0.39, 0.29) is 25.0 Å². The second-order valence-corrected chi connectivity index (χ2v) is 6.65. The van der Waals surface area contributed by atoms with E-state index in [9.17, 15) is 18.0 Å². The Morgan fingerprint density at radius 3 is 2.46 bits per heavy atom. The Labute approximate surface area is 155 Å². The van der Waals surface area contributed by atoms with Gasteiger partial charge in [-0.25, -0.2) is 0 Å². The van der Waals surface area contributed by atoms with E-state index in [4.69, 9.17) is 11.6 Å². The molecule has 0 aliphatic heterocycles. The van der Waals surface area contributed by atoms with E-state index in [0.29, 0.717) is 10.6 Å². The fourth-order valence-electron chi connectivity index (χ4n) is 2.58. The Bertz CT molecular complexity index is 747. The highest BCUT2D eigenvalue weighted by Crippen LogP contribution is 2.29. The predicted octanol–water partition coefficient (Wildman–Crippen LogP) is 4.67. The number of hydrogen-bond acceptors (Lipinski definition) is 2. The van der Waals surface area contributed by atoms with Crippen LogP contribution in [0.5, 0.6) is 0 Å². The molecule has 7 heteroatoms. The first-order chi connectivity index (χ1) is 12.1. The molecule has 1 unspecified atom stereocenters. The quantitative estimate of drug-likeness (QED) is 0.785. The lowest BCUT2D eigenvalue weighted by atomic mass is 10.1. The van der Waals surface area contributed by atoms with Crippen molar-refractivity contribution in [3.63, 3.8) is 0 Å². The lowest BCUT2D eigenvalue weighted by Gasteiger charge is -2.20. The first-order valence-corrected chi connectivity index (χ1v) is 8.42. The number of rotatable bonds is 6. The summed E-state index contributed by atoms with van der Waals surface area (Å²) < 4.78 is 38.3. The number of amides is 1. The lowest BCUT2D eigenvalue weighted by Crippen LogP contribution is -2.36. The van der Waals surface area contributed by atoms with E-state index >= 15 is 0 Å². The van der Waals surface area contributed by atoms with Gasteiger partial charge in [-0.05, 0) is 43.3 Å². The molecular weight excluding hydrogens is 365 g/mol. The fraction of sp³-hybridized carbons (Fsp3) is 0.316. The minimum Gasteiger partial charge on any atom is -0.348 e. The van der Waals surface area contributed by atoms with Crippen LogP contribution in [-0.4, -0.2) is 24.4 Å². The number of nitrogens with one attached hydrogen (secondary N) is 1. The summed E-state index contributed by atoms with van der Waals surface area (Å²) in [5.41, 5.74) is 0.730. The molecule has 0 aliphatic rings. The molecule has 0 saturated carbocycles. The van der Waals surface area contributed by atoms with Gasteiger partial charge in [-0.3, -0.25) is 9.69 Å². The van der Waals surface area contributed by atoms with Crippen LogP contribution in [0.15, 0.2) is 48.5 Å². The van der Waals surface area contributed by atoms with Crippen molar-refractivity contribution in [1.29, 1.82) is 0 Å². The number of carbonyl (C=O) groups is 1. The third-order valence-electron chi connectivity index (χ3n) is 3.87. The van der Waals surface area contributed by atoms with Crippen molar-refractivity contribution in [2.75, 3.05) is 13.6 Å². The maximum Gasteiger partial charge on any atom is 0.416 e. The van der Waals surface area contributed by atoms with Crippen LogP contribution in [0.1, 0.15) is 29.7 Å². The third-order valence-corrected chi connectivity index (χ3v) is 4.12. The Morgan fingerprint density at radius 2 is 1.85 bits per heavy atom. The highest BCUT2D eigenvalue weighted by Gasteiger charge is 2.30. The third kappa shape index (κ3) is 6.04. The number of alkyl halides is 3. The van der Waals surface area contributed by atoms with Crippen molar-refractivity contribution in [2.45, 2.75) is 25.7 Å². The highest BCUT2D eigenvalue weighted by atomic mass is 35.5. The highest BCUT2D eigenvalue weighted by molar-refractivity contribution is 6.30. The Morgan fingerprint density at radius 1 is 1.19 bits per heavy atom. The number of nitrogens with zero attached hydrogens (tertiary/aromatic N) is 1. The molecule has 2 rings (SSSR count). The van der Waals surface area contributed by atoms with E-state index in [1.807, 2.05) is 19.1 Å². The molecular formula is C19H20ClF3N2O. The molecule has 1 N–H and O–H groups in total. The monoisotopic (exact) mass is 384 g/mol. The van der Waals surface area contributed by atoms with Crippen LogP contribution in [0.3, 0.4) is 0 Å². The molecule has 3 nitrogen and oxygen atoms in total. The molecule has 1 amide bonds. The van der Waals surface area contributed by atoms with Crippen molar-refractivity contribution >= 4 is 17.5 Å². The summed E-state index contributed by atoms with van der Waals surface area (Å²) in [5, 5.41) is 3.48. The maximum absolute atomic E-state index is 12.8. The largest absolute Gasteiger partial charge is 0.416 e. The summed E-state index contributed by atoms with van der Waals surface area (Å²) in [5.74, 6) is -0.207. The van der Waals surface area contributed by atoms with Crippen molar-refractivity contribution in [3.8, 4) is 0 Å². The van der Waals surface area contributed by atoms with Crippen molar-refractivity contribution < 1.29 is 18.0 Å². The number of halogens is 4. The van der Waals surface area contributed by atoms with E-state index in [0.717, 1.165) is 17.7 Å². The molecule has 0 radical (unpaired) electrons. The van der Waals surface area contributed by atoms with Crippen molar-refractivity contribution in [1.82, 2.24) is 10.2 Å². The van der Waals surface area contributed by atoms with Gasteiger partial charge in [-0.1, -0.05) is 41.9 Å². The molecule has 0 fully saturated rings. The minimum atomic E-state index is -4.38. The summed E-state index contributed by atoms with van der Waals surface area (Å²) in [6, 6.07) is 12.1. The van der Waals surface area contributed by atoms with Crippen LogP contribution in [0.25, 0.3) is 0 Å². The van der Waals surface area contributed by atoms with Gasteiger partial charge in [-0.15, -0.1) is 0 Å². The normalized spacial score (nSPS) is 12.9.